The average molecular weight is 257 g/mol. The van der Waals surface area contributed by atoms with Gasteiger partial charge in [-0.3, -0.25) is 9.89 Å². The number of anilines is 1. The van der Waals surface area contributed by atoms with E-state index in [0.717, 1.165) is 6.08 Å². The van der Waals surface area contributed by atoms with Crippen LogP contribution < -0.4 is 5.32 Å². The van der Waals surface area contributed by atoms with E-state index in [1.807, 2.05) is 0 Å². The molecule has 0 aliphatic carbocycles. The second-order valence-corrected chi connectivity index (χ2v) is 3.72. The SMILES string of the molecule is O=C(O)C=Cc1cccc(NC(=O)c2ccn[nH]2)c1. The highest BCUT2D eigenvalue weighted by atomic mass is 16.4. The van der Waals surface area contributed by atoms with Crippen LogP contribution in [-0.4, -0.2) is 27.2 Å². The quantitative estimate of drug-likeness (QED) is 0.727. The Hall–Kier alpha value is -2.89. The van der Waals surface area contributed by atoms with Crippen molar-refractivity contribution in [1.29, 1.82) is 0 Å². The van der Waals surface area contributed by atoms with Crippen molar-refractivity contribution in [3.63, 3.8) is 0 Å². The van der Waals surface area contributed by atoms with Gasteiger partial charge in [0.25, 0.3) is 5.91 Å². The molecule has 6 heteroatoms. The minimum Gasteiger partial charge on any atom is -0.478 e. The Labute approximate surface area is 108 Å². The van der Waals surface area contributed by atoms with Gasteiger partial charge in [0.15, 0.2) is 0 Å². The van der Waals surface area contributed by atoms with E-state index in [0.29, 0.717) is 16.9 Å². The summed E-state index contributed by atoms with van der Waals surface area (Å²) in [6.45, 7) is 0. The van der Waals surface area contributed by atoms with Gasteiger partial charge in [0.2, 0.25) is 0 Å². The molecule has 2 aromatic rings. The maximum atomic E-state index is 11.8. The lowest BCUT2D eigenvalue weighted by Crippen LogP contribution is -2.12. The number of rotatable bonds is 4. The van der Waals surface area contributed by atoms with Crippen LogP contribution in [-0.2, 0) is 4.79 Å². The summed E-state index contributed by atoms with van der Waals surface area (Å²) < 4.78 is 0. The molecular weight excluding hydrogens is 246 g/mol. The molecule has 1 aromatic carbocycles. The van der Waals surface area contributed by atoms with Gasteiger partial charge >= 0.3 is 5.97 Å². The molecular formula is C13H11N3O3. The number of aromatic nitrogens is 2. The zero-order chi connectivity index (χ0) is 13.7. The predicted octanol–water partition coefficient (Wildman–Crippen LogP) is 1.76. The average Bonchev–Trinajstić information content (AvgIpc) is 2.91. The van der Waals surface area contributed by atoms with Crippen LogP contribution in [0.4, 0.5) is 5.69 Å². The van der Waals surface area contributed by atoms with Crippen LogP contribution in [0.2, 0.25) is 0 Å². The second kappa shape index (κ2) is 5.63. The zero-order valence-electron chi connectivity index (χ0n) is 9.83. The second-order valence-electron chi connectivity index (χ2n) is 3.72. The fourth-order valence-electron chi connectivity index (χ4n) is 1.47. The first-order valence-corrected chi connectivity index (χ1v) is 5.47. The molecule has 0 bridgehead atoms. The van der Waals surface area contributed by atoms with Crippen LogP contribution in [0.1, 0.15) is 16.1 Å². The highest BCUT2D eigenvalue weighted by Crippen LogP contribution is 2.13. The van der Waals surface area contributed by atoms with Gasteiger partial charge in [-0.15, -0.1) is 0 Å². The minimum absolute atomic E-state index is 0.308. The normalized spacial score (nSPS) is 10.5. The summed E-state index contributed by atoms with van der Waals surface area (Å²) in [4.78, 5) is 22.2. The Bertz CT molecular complexity index is 618. The van der Waals surface area contributed by atoms with Crippen molar-refractivity contribution in [2.75, 3.05) is 5.32 Å². The van der Waals surface area contributed by atoms with Crippen LogP contribution >= 0.6 is 0 Å². The topological polar surface area (TPSA) is 95.1 Å². The van der Waals surface area contributed by atoms with Gasteiger partial charge in [0, 0.05) is 18.0 Å². The molecule has 0 aliphatic heterocycles. The Balaban J connectivity index is 2.11. The van der Waals surface area contributed by atoms with Crippen molar-refractivity contribution in [2.24, 2.45) is 0 Å². The largest absolute Gasteiger partial charge is 0.478 e. The Kier molecular flexibility index (Phi) is 3.72. The van der Waals surface area contributed by atoms with E-state index in [1.165, 1.54) is 12.3 Å². The highest BCUT2D eigenvalue weighted by Gasteiger charge is 2.06. The third-order valence-corrected chi connectivity index (χ3v) is 2.31. The summed E-state index contributed by atoms with van der Waals surface area (Å²) in [5, 5.41) is 17.5. The Morgan fingerprint density at radius 3 is 2.84 bits per heavy atom. The van der Waals surface area contributed by atoms with Gasteiger partial charge in [-0.25, -0.2) is 4.79 Å². The van der Waals surface area contributed by atoms with Crippen molar-refractivity contribution >= 4 is 23.6 Å². The Morgan fingerprint density at radius 1 is 1.32 bits per heavy atom. The van der Waals surface area contributed by atoms with Crippen LogP contribution in [0.25, 0.3) is 6.08 Å². The molecule has 6 nitrogen and oxygen atoms in total. The molecule has 1 amide bonds. The summed E-state index contributed by atoms with van der Waals surface area (Å²) in [6.07, 6.45) is 3.98. The Morgan fingerprint density at radius 2 is 2.16 bits per heavy atom. The molecule has 0 atom stereocenters. The van der Waals surface area contributed by atoms with E-state index in [-0.39, 0.29) is 5.91 Å². The molecule has 1 heterocycles. The van der Waals surface area contributed by atoms with Crippen molar-refractivity contribution in [2.45, 2.75) is 0 Å². The first-order valence-electron chi connectivity index (χ1n) is 5.47. The van der Waals surface area contributed by atoms with Crippen molar-refractivity contribution in [3.8, 4) is 0 Å². The molecule has 19 heavy (non-hydrogen) atoms. The van der Waals surface area contributed by atoms with E-state index in [4.69, 9.17) is 5.11 Å². The van der Waals surface area contributed by atoms with Gasteiger partial charge in [-0.05, 0) is 29.8 Å². The number of hydrogen-bond acceptors (Lipinski definition) is 3. The number of nitrogens with zero attached hydrogens (tertiary/aromatic N) is 1. The number of benzene rings is 1. The van der Waals surface area contributed by atoms with Crippen molar-refractivity contribution < 1.29 is 14.7 Å². The molecule has 2 rings (SSSR count). The van der Waals surface area contributed by atoms with E-state index in [1.54, 1.807) is 30.3 Å². The minimum atomic E-state index is -1.02. The number of carboxylic acids is 1. The number of carbonyl (C=O) groups excluding carboxylic acids is 1. The smallest absolute Gasteiger partial charge is 0.328 e. The molecule has 0 fully saturated rings. The zero-order valence-corrected chi connectivity index (χ0v) is 9.83. The van der Waals surface area contributed by atoms with E-state index in [9.17, 15) is 9.59 Å². The predicted molar refractivity (Wildman–Crippen MR) is 69.7 cm³/mol. The fraction of sp³-hybridized carbons (Fsp3) is 0. The van der Waals surface area contributed by atoms with E-state index in [2.05, 4.69) is 15.5 Å². The highest BCUT2D eigenvalue weighted by molar-refractivity contribution is 6.02. The van der Waals surface area contributed by atoms with Gasteiger partial charge in [0.05, 0.1) is 0 Å². The number of hydrogen-bond donors (Lipinski definition) is 3. The van der Waals surface area contributed by atoms with Crippen molar-refractivity contribution in [3.05, 3.63) is 53.9 Å². The molecule has 0 unspecified atom stereocenters. The number of carboxylic acid groups (broad SMARTS) is 1. The van der Waals surface area contributed by atoms with Crippen molar-refractivity contribution in [1.82, 2.24) is 10.2 Å². The number of H-pyrrole nitrogens is 1. The van der Waals surface area contributed by atoms with E-state index >= 15 is 0 Å². The standard InChI is InChI=1S/C13H11N3O3/c17-12(18)5-4-9-2-1-3-10(8-9)15-13(19)11-6-7-14-16-11/h1-8H,(H,14,16)(H,15,19)(H,17,18). The first kappa shape index (κ1) is 12.6. The lowest BCUT2D eigenvalue weighted by atomic mass is 10.2. The lowest BCUT2D eigenvalue weighted by molar-refractivity contribution is -0.131. The number of aliphatic carboxylic acids is 1. The van der Waals surface area contributed by atoms with Gasteiger partial charge < -0.3 is 10.4 Å². The maximum Gasteiger partial charge on any atom is 0.328 e. The summed E-state index contributed by atoms with van der Waals surface area (Å²) >= 11 is 0. The lowest BCUT2D eigenvalue weighted by Gasteiger charge is -2.04. The van der Waals surface area contributed by atoms with Gasteiger partial charge in [-0.1, -0.05) is 12.1 Å². The molecule has 0 spiro atoms. The molecule has 0 aliphatic rings. The number of amides is 1. The third kappa shape index (κ3) is 3.53. The summed E-state index contributed by atoms with van der Waals surface area (Å²) in [7, 11) is 0. The number of aromatic amines is 1. The molecule has 0 saturated carbocycles. The molecule has 1 aromatic heterocycles. The summed E-state index contributed by atoms with van der Waals surface area (Å²) in [5.41, 5.74) is 1.61. The summed E-state index contributed by atoms with van der Waals surface area (Å²) in [5.74, 6) is -1.33. The van der Waals surface area contributed by atoms with Crippen LogP contribution in [0, 0.1) is 0 Å². The molecule has 96 valence electrons. The van der Waals surface area contributed by atoms with Gasteiger partial charge in [0.1, 0.15) is 5.69 Å². The monoisotopic (exact) mass is 257 g/mol. The number of nitrogens with one attached hydrogen (secondary N) is 2. The summed E-state index contributed by atoms with van der Waals surface area (Å²) in [6, 6.07) is 8.42. The molecule has 0 radical (unpaired) electrons. The molecule has 0 saturated heterocycles. The van der Waals surface area contributed by atoms with Crippen LogP contribution in [0.15, 0.2) is 42.6 Å². The molecule has 3 N–H and O–H groups in total. The first-order chi connectivity index (χ1) is 9.15. The van der Waals surface area contributed by atoms with Crippen LogP contribution in [0.5, 0.6) is 0 Å². The number of carbonyl (C=O) groups is 2. The van der Waals surface area contributed by atoms with Crippen LogP contribution in [0.3, 0.4) is 0 Å². The fourth-order valence-corrected chi connectivity index (χ4v) is 1.47. The van der Waals surface area contributed by atoms with E-state index < -0.39 is 5.97 Å². The maximum absolute atomic E-state index is 11.8. The van der Waals surface area contributed by atoms with Gasteiger partial charge in [-0.2, -0.15) is 5.10 Å². The third-order valence-electron chi connectivity index (χ3n) is 2.31.